The van der Waals surface area contributed by atoms with Crippen LogP contribution in [0.25, 0.3) is 11.3 Å². The third kappa shape index (κ3) is 4.84. The first-order chi connectivity index (χ1) is 10.3. The van der Waals surface area contributed by atoms with Crippen molar-refractivity contribution in [3.63, 3.8) is 0 Å². The number of hydrogen-bond acceptors (Lipinski definition) is 4. The van der Waals surface area contributed by atoms with Crippen LogP contribution in [0, 0.1) is 5.82 Å². The van der Waals surface area contributed by atoms with Crippen LogP contribution in [-0.2, 0) is 9.53 Å². The summed E-state index contributed by atoms with van der Waals surface area (Å²) < 4.78 is 18.1. The minimum Gasteiger partial charge on any atom is -0.459 e. The quantitative estimate of drug-likeness (QED) is 0.876. The molecule has 4 nitrogen and oxygen atoms in total. The number of benzene rings is 1. The summed E-state index contributed by atoms with van der Waals surface area (Å²) in [6.45, 7) is 5.55. The van der Waals surface area contributed by atoms with E-state index >= 15 is 0 Å². The highest BCUT2D eigenvalue weighted by atomic mass is 19.1. The molecule has 0 radical (unpaired) electrons. The maximum Gasteiger partial charge on any atom is 0.325 e. The van der Waals surface area contributed by atoms with Crippen LogP contribution in [0.4, 0.5) is 10.1 Å². The summed E-state index contributed by atoms with van der Waals surface area (Å²) in [6.07, 6.45) is 1.63. The zero-order valence-electron chi connectivity index (χ0n) is 12.9. The number of aromatic nitrogens is 1. The van der Waals surface area contributed by atoms with E-state index in [1.165, 1.54) is 12.1 Å². The minimum absolute atomic E-state index is 0.0782. The number of halogens is 1. The van der Waals surface area contributed by atoms with Gasteiger partial charge >= 0.3 is 5.97 Å². The molecule has 0 saturated carbocycles. The second kappa shape index (κ2) is 6.56. The van der Waals surface area contributed by atoms with Crippen molar-refractivity contribution in [2.75, 3.05) is 11.9 Å². The maximum atomic E-state index is 12.9. The van der Waals surface area contributed by atoms with Crippen LogP contribution in [0.5, 0.6) is 0 Å². The third-order valence-electron chi connectivity index (χ3n) is 2.76. The standard InChI is InChI=1S/C17H19FN2O2/c1-17(2,3)22-16(21)11-19-14-8-9-15(20-10-14)12-4-6-13(18)7-5-12/h4-10,19H,11H2,1-3H3. The molecular weight excluding hydrogens is 283 g/mol. The number of nitrogens with zero attached hydrogens (tertiary/aromatic N) is 1. The van der Waals surface area contributed by atoms with E-state index in [1.54, 1.807) is 18.3 Å². The van der Waals surface area contributed by atoms with Gasteiger partial charge in [0, 0.05) is 5.56 Å². The molecule has 0 saturated heterocycles. The summed E-state index contributed by atoms with van der Waals surface area (Å²) in [5.74, 6) is -0.602. The molecule has 1 aromatic heterocycles. The van der Waals surface area contributed by atoms with Crippen molar-refractivity contribution in [3.8, 4) is 11.3 Å². The van der Waals surface area contributed by atoms with Crippen LogP contribution in [0.2, 0.25) is 0 Å². The molecule has 1 heterocycles. The summed E-state index contributed by atoms with van der Waals surface area (Å²) >= 11 is 0. The van der Waals surface area contributed by atoms with Crippen molar-refractivity contribution in [3.05, 3.63) is 48.4 Å². The smallest absolute Gasteiger partial charge is 0.325 e. The van der Waals surface area contributed by atoms with Crippen LogP contribution >= 0.6 is 0 Å². The highest BCUT2D eigenvalue weighted by Crippen LogP contribution is 2.18. The fourth-order valence-corrected chi connectivity index (χ4v) is 1.84. The Hall–Kier alpha value is -2.43. The molecular formula is C17H19FN2O2. The van der Waals surface area contributed by atoms with E-state index in [1.807, 2.05) is 32.9 Å². The molecule has 0 aliphatic carbocycles. The predicted octanol–water partition coefficient (Wildman–Crippen LogP) is 3.64. The first-order valence-corrected chi connectivity index (χ1v) is 7.01. The van der Waals surface area contributed by atoms with E-state index < -0.39 is 5.60 Å². The molecule has 5 heteroatoms. The number of ether oxygens (including phenoxy) is 1. The van der Waals surface area contributed by atoms with E-state index in [-0.39, 0.29) is 18.3 Å². The Balaban J connectivity index is 1.95. The molecule has 0 spiro atoms. The summed E-state index contributed by atoms with van der Waals surface area (Å²) in [7, 11) is 0. The molecule has 22 heavy (non-hydrogen) atoms. The van der Waals surface area contributed by atoms with Crippen molar-refractivity contribution in [2.24, 2.45) is 0 Å². The topological polar surface area (TPSA) is 51.2 Å². The Morgan fingerprint density at radius 3 is 2.41 bits per heavy atom. The lowest BCUT2D eigenvalue weighted by Gasteiger charge is -2.19. The highest BCUT2D eigenvalue weighted by Gasteiger charge is 2.15. The number of carbonyl (C=O) groups excluding carboxylic acids is 1. The van der Waals surface area contributed by atoms with Crippen LogP contribution in [0.15, 0.2) is 42.6 Å². The monoisotopic (exact) mass is 302 g/mol. The fraction of sp³-hybridized carbons (Fsp3) is 0.294. The van der Waals surface area contributed by atoms with E-state index in [4.69, 9.17) is 4.74 Å². The molecule has 0 atom stereocenters. The molecule has 1 aromatic carbocycles. The second-order valence-corrected chi connectivity index (χ2v) is 5.88. The average molecular weight is 302 g/mol. The van der Waals surface area contributed by atoms with Crippen LogP contribution in [0.3, 0.4) is 0 Å². The third-order valence-corrected chi connectivity index (χ3v) is 2.76. The first-order valence-electron chi connectivity index (χ1n) is 7.01. The average Bonchev–Trinajstić information content (AvgIpc) is 2.45. The van der Waals surface area contributed by atoms with Gasteiger partial charge in [0.1, 0.15) is 18.0 Å². The van der Waals surface area contributed by atoms with Crippen molar-refractivity contribution in [1.82, 2.24) is 4.98 Å². The SMILES string of the molecule is CC(C)(C)OC(=O)CNc1ccc(-c2ccc(F)cc2)nc1. The largest absolute Gasteiger partial charge is 0.459 e. The van der Waals surface area contributed by atoms with Gasteiger partial charge in [-0.1, -0.05) is 0 Å². The van der Waals surface area contributed by atoms with Gasteiger partial charge in [-0.3, -0.25) is 9.78 Å². The number of nitrogens with one attached hydrogen (secondary N) is 1. The summed E-state index contributed by atoms with van der Waals surface area (Å²) in [6, 6.07) is 9.76. The Bertz CT molecular complexity index is 631. The number of anilines is 1. The lowest BCUT2D eigenvalue weighted by molar-refractivity contribution is -0.152. The summed E-state index contributed by atoms with van der Waals surface area (Å²) in [5.41, 5.74) is 1.79. The highest BCUT2D eigenvalue weighted by molar-refractivity contribution is 5.75. The van der Waals surface area contributed by atoms with E-state index in [9.17, 15) is 9.18 Å². The van der Waals surface area contributed by atoms with E-state index in [0.29, 0.717) is 0 Å². The van der Waals surface area contributed by atoms with Gasteiger partial charge in [0.15, 0.2) is 0 Å². The van der Waals surface area contributed by atoms with Crippen molar-refractivity contribution in [1.29, 1.82) is 0 Å². The normalized spacial score (nSPS) is 11.1. The summed E-state index contributed by atoms with van der Waals surface area (Å²) in [5, 5.41) is 2.96. The van der Waals surface area contributed by atoms with Gasteiger partial charge in [-0.05, 0) is 57.2 Å². The number of rotatable bonds is 4. The second-order valence-electron chi connectivity index (χ2n) is 5.88. The zero-order chi connectivity index (χ0) is 16.2. The molecule has 0 bridgehead atoms. The van der Waals surface area contributed by atoms with E-state index in [2.05, 4.69) is 10.3 Å². The molecule has 0 unspecified atom stereocenters. The van der Waals surface area contributed by atoms with Gasteiger partial charge in [-0.25, -0.2) is 4.39 Å². The molecule has 0 amide bonds. The lowest BCUT2D eigenvalue weighted by Crippen LogP contribution is -2.28. The van der Waals surface area contributed by atoms with Crippen molar-refractivity contribution >= 4 is 11.7 Å². The number of hydrogen-bond donors (Lipinski definition) is 1. The van der Waals surface area contributed by atoms with Crippen LogP contribution < -0.4 is 5.32 Å². The first kappa shape index (κ1) is 15.9. The molecule has 2 rings (SSSR count). The Kier molecular flexibility index (Phi) is 4.75. The number of pyridine rings is 1. The Morgan fingerprint density at radius 1 is 1.18 bits per heavy atom. The number of carbonyl (C=O) groups is 1. The summed E-state index contributed by atoms with van der Waals surface area (Å²) in [4.78, 5) is 15.9. The zero-order valence-corrected chi connectivity index (χ0v) is 12.9. The van der Waals surface area contributed by atoms with Gasteiger partial charge in [0.05, 0.1) is 17.6 Å². The van der Waals surface area contributed by atoms with Crippen molar-refractivity contribution in [2.45, 2.75) is 26.4 Å². The molecule has 0 aliphatic heterocycles. The molecule has 0 fully saturated rings. The molecule has 0 aliphatic rings. The fourth-order valence-electron chi connectivity index (χ4n) is 1.84. The molecule has 1 N–H and O–H groups in total. The Labute approximate surface area is 129 Å². The Morgan fingerprint density at radius 2 is 1.86 bits per heavy atom. The van der Waals surface area contributed by atoms with Gasteiger partial charge in [0.2, 0.25) is 0 Å². The number of esters is 1. The van der Waals surface area contributed by atoms with Crippen molar-refractivity contribution < 1.29 is 13.9 Å². The minimum atomic E-state index is -0.497. The van der Waals surface area contributed by atoms with Gasteiger partial charge in [-0.15, -0.1) is 0 Å². The maximum absolute atomic E-state index is 12.9. The van der Waals surface area contributed by atoms with E-state index in [0.717, 1.165) is 16.9 Å². The lowest BCUT2D eigenvalue weighted by atomic mass is 10.1. The van der Waals surface area contributed by atoms with Crippen LogP contribution in [0.1, 0.15) is 20.8 Å². The molecule has 116 valence electrons. The van der Waals surface area contributed by atoms with Crippen LogP contribution in [-0.4, -0.2) is 23.1 Å². The molecule has 2 aromatic rings. The predicted molar refractivity (Wildman–Crippen MR) is 84.0 cm³/mol. The van der Waals surface area contributed by atoms with Gasteiger partial charge < -0.3 is 10.1 Å². The van der Waals surface area contributed by atoms with Gasteiger partial charge in [0.25, 0.3) is 0 Å². The van der Waals surface area contributed by atoms with Gasteiger partial charge in [-0.2, -0.15) is 0 Å².